The van der Waals surface area contributed by atoms with Gasteiger partial charge in [0.2, 0.25) is 0 Å². The second kappa shape index (κ2) is 13.8. The Hall–Kier alpha value is -7.44. The number of benzene rings is 7. The normalized spacial score (nSPS) is 14.0. The molecule has 0 aliphatic carbocycles. The van der Waals surface area contributed by atoms with Gasteiger partial charge in [-0.2, -0.15) is 0 Å². The van der Waals surface area contributed by atoms with E-state index in [1.807, 2.05) is 72.8 Å². The van der Waals surface area contributed by atoms with E-state index < -0.39 is 0 Å². The summed E-state index contributed by atoms with van der Waals surface area (Å²) in [6, 6.07) is 64.1. The summed E-state index contributed by atoms with van der Waals surface area (Å²) in [7, 11) is 0. The van der Waals surface area contributed by atoms with Crippen molar-refractivity contribution in [2.24, 2.45) is 9.98 Å². The topological polar surface area (TPSA) is 75.7 Å². The Bertz CT molecular complexity index is 2900. The molecule has 1 unspecified atom stereocenters. The van der Waals surface area contributed by atoms with Crippen molar-refractivity contribution in [3.63, 3.8) is 0 Å². The molecule has 0 spiro atoms. The van der Waals surface area contributed by atoms with Gasteiger partial charge in [-0.25, -0.2) is 20.0 Å². The van der Waals surface area contributed by atoms with E-state index in [4.69, 9.17) is 24.4 Å². The Balaban J connectivity index is 1.09. The van der Waals surface area contributed by atoms with Gasteiger partial charge < -0.3 is 9.73 Å². The van der Waals surface area contributed by atoms with Gasteiger partial charge in [0.15, 0.2) is 11.7 Å². The highest BCUT2D eigenvalue weighted by Gasteiger charge is 2.22. The lowest BCUT2D eigenvalue weighted by atomic mass is 10.0. The third-order valence-electron chi connectivity index (χ3n) is 9.95. The fourth-order valence-electron chi connectivity index (χ4n) is 7.17. The molecule has 10 rings (SSSR count). The van der Waals surface area contributed by atoms with E-state index in [1.54, 1.807) is 0 Å². The van der Waals surface area contributed by atoms with Crippen molar-refractivity contribution in [3.8, 4) is 45.0 Å². The van der Waals surface area contributed by atoms with Crippen LogP contribution in [0.1, 0.15) is 22.9 Å². The van der Waals surface area contributed by atoms with Gasteiger partial charge in [-0.3, -0.25) is 0 Å². The number of hydrogen-bond donors (Lipinski definition) is 1. The molecule has 1 N–H and O–H groups in total. The highest BCUT2D eigenvalue weighted by Crippen LogP contribution is 2.35. The van der Waals surface area contributed by atoms with Gasteiger partial charge in [0.25, 0.3) is 0 Å². The van der Waals surface area contributed by atoms with Crippen molar-refractivity contribution in [3.05, 3.63) is 205 Å². The molecule has 3 heterocycles. The van der Waals surface area contributed by atoms with Crippen LogP contribution in [0.5, 0.6) is 0 Å². The number of para-hydroxylation sites is 1. The molecule has 260 valence electrons. The first kappa shape index (κ1) is 32.2. The van der Waals surface area contributed by atoms with Gasteiger partial charge in [0.1, 0.15) is 23.2 Å². The van der Waals surface area contributed by atoms with Crippen molar-refractivity contribution < 1.29 is 4.42 Å². The fraction of sp³-hybridized carbons (Fsp3) is 0.0204. The Labute approximate surface area is 318 Å². The molecule has 6 heteroatoms. The Kier molecular flexibility index (Phi) is 8.11. The van der Waals surface area contributed by atoms with Gasteiger partial charge >= 0.3 is 0 Å². The smallest absolute Gasteiger partial charge is 0.160 e. The average molecular weight is 708 g/mol. The molecule has 0 amide bonds. The summed E-state index contributed by atoms with van der Waals surface area (Å²) in [5.41, 5.74) is 11.3. The van der Waals surface area contributed by atoms with Crippen LogP contribution in [0.2, 0.25) is 0 Å². The van der Waals surface area contributed by atoms with Crippen molar-refractivity contribution in [1.82, 2.24) is 15.3 Å². The monoisotopic (exact) mass is 707 g/mol. The Morgan fingerprint density at radius 3 is 1.80 bits per heavy atom. The third kappa shape index (κ3) is 6.36. The number of amidine groups is 2. The quantitative estimate of drug-likeness (QED) is 0.179. The lowest BCUT2D eigenvalue weighted by Gasteiger charge is -2.24. The number of nitrogens with one attached hydrogen (secondary N) is 1. The fourth-order valence-corrected chi connectivity index (χ4v) is 7.17. The summed E-state index contributed by atoms with van der Waals surface area (Å²) < 4.78 is 6.30. The Morgan fingerprint density at radius 2 is 1.02 bits per heavy atom. The number of rotatable bonds is 7. The van der Waals surface area contributed by atoms with E-state index in [0.717, 1.165) is 83.7 Å². The second-order valence-electron chi connectivity index (χ2n) is 13.5. The molecular formula is C49H33N5O. The third-order valence-corrected chi connectivity index (χ3v) is 9.95. The lowest BCUT2D eigenvalue weighted by Crippen LogP contribution is -2.33. The van der Waals surface area contributed by atoms with E-state index in [9.17, 15) is 0 Å². The molecule has 7 aromatic carbocycles. The zero-order valence-electron chi connectivity index (χ0n) is 29.7. The molecule has 1 atom stereocenters. The molecule has 2 aromatic heterocycles. The second-order valence-corrected chi connectivity index (χ2v) is 13.5. The maximum atomic E-state index is 6.30. The number of fused-ring (bicyclic) bond motifs is 3. The van der Waals surface area contributed by atoms with E-state index in [0.29, 0.717) is 11.7 Å². The van der Waals surface area contributed by atoms with Crippen LogP contribution in [-0.2, 0) is 0 Å². The minimum atomic E-state index is -0.373. The molecule has 0 fully saturated rings. The molecule has 0 saturated heterocycles. The number of nitrogens with zero attached hydrogens (tertiary/aromatic N) is 4. The Morgan fingerprint density at radius 1 is 0.418 bits per heavy atom. The van der Waals surface area contributed by atoms with Gasteiger partial charge in [-0.1, -0.05) is 152 Å². The first-order chi connectivity index (χ1) is 27.2. The molecule has 0 bridgehead atoms. The molecule has 1 aliphatic heterocycles. The molecule has 9 aromatic rings. The number of aromatic nitrogens is 2. The summed E-state index contributed by atoms with van der Waals surface area (Å²) in [5.74, 6) is 2.09. The zero-order chi connectivity index (χ0) is 36.6. The van der Waals surface area contributed by atoms with Crippen LogP contribution in [0.15, 0.2) is 202 Å². The summed E-state index contributed by atoms with van der Waals surface area (Å²) in [6.45, 7) is 0. The van der Waals surface area contributed by atoms with Crippen molar-refractivity contribution in [2.75, 3.05) is 0 Å². The minimum absolute atomic E-state index is 0.373. The van der Waals surface area contributed by atoms with Crippen molar-refractivity contribution >= 4 is 33.6 Å². The largest absolute Gasteiger partial charge is 0.456 e. The number of hydrogen-bond acceptors (Lipinski definition) is 6. The molecule has 1 aliphatic rings. The maximum Gasteiger partial charge on any atom is 0.160 e. The SMILES string of the molecule is c1ccc(C2=NC(c3cccc(-c4cc(-c5ccc6c(c5)oc5ccccc56)nc(-c5cccc(-c6ccccc6)c5)n4)c3)NC(c3ccccc3)=N2)cc1. The lowest BCUT2D eigenvalue weighted by molar-refractivity contribution is 0.669. The van der Waals surface area contributed by atoms with Crippen LogP contribution in [-0.4, -0.2) is 21.6 Å². The summed E-state index contributed by atoms with van der Waals surface area (Å²) >= 11 is 0. The predicted molar refractivity (Wildman–Crippen MR) is 223 cm³/mol. The van der Waals surface area contributed by atoms with E-state index in [2.05, 4.69) is 121 Å². The van der Waals surface area contributed by atoms with Crippen LogP contribution in [0.25, 0.3) is 67.0 Å². The average Bonchev–Trinajstić information content (AvgIpc) is 3.65. The van der Waals surface area contributed by atoms with Crippen molar-refractivity contribution in [1.29, 1.82) is 0 Å². The van der Waals surface area contributed by atoms with E-state index in [-0.39, 0.29) is 6.17 Å². The van der Waals surface area contributed by atoms with Crippen LogP contribution < -0.4 is 5.32 Å². The van der Waals surface area contributed by atoms with Crippen molar-refractivity contribution in [2.45, 2.75) is 6.17 Å². The molecule has 55 heavy (non-hydrogen) atoms. The van der Waals surface area contributed by atoms with E-state index >= 15 is 0 Å². The first-order valence-electron chi connectivity index (χ1n) is 18.3. The van der Waals surface area contributed by atoms with Crippen LogP contribution in [0, 0.1) is 0 Å². The molecule has 6 nitrogen and oxygen atoms in total. The molecule has 0 radical (unpaired) electrons. The van der Waals surface area contributed by atoms with Gasteiger partial charge in [-0.05, 0) is 53.1 Å². The molecular weight excluding hydrogens is 675 g/mol. The van der Waals surface area contributed by atoms with E-state index in [1.165, 1.54) is 0 Å². The first-order valence-corrected chi connectivity index (χ1v) is 18.3. The standard InChI is InChI=1S/C49H33N5O/c1-4-14-32(15-5-1)35-20-12-22-38(28-35)48-50-42(31-43(51-48)37-26-27-41-40-24-10-11-25-44(40)55-45(41)30-37)36-21-13-23-39(29-36)49-53-46(33-16-6-2-7-17-33)52-47(54-49)34-18-8-3-9-19-34/h1-31,49H,(H,52,53,54). The minimum Gasteiger partial charge on any atom is -0.456 e. The predicted octanol–water partition coefficient (Wildman–Crippen LogP) is 11.5. The van der Waals surface area contributed by atoms with Crippen LogP contribution in [0.4, 0.5) is 0 Å². The summed E-state index contributed by atoms with van der Waals surface area (Å²) in [4.78, 5) is 20.5. The maximum absolute atomic E-state index is 6.30. The molecule has 0 saturated carbocycles. The van der Waals surface area contributed by atoms with Gasteiger partial charge in [-0.15, -0.1) is 0 Å². The highest BCUT2D eigenvalue weighted by atomic mass is 16.3. The highest BCUT2D eigenvalue weighted by molar-refractivity contribution is 6.13. The number of aliphatic imine (C=N–C) groups is 2. The number of furan rings is 1. The summed E-state index contributed by atoms with van der Waals surface area (Å²) in [6.07, 6.45) is -0.373. The van der Waals surface area contributed by atoms with Gasteiger partial charge in [0.05, 0.1) is 11.4 Å². The van der Waals surface area contributed by atoms with Crippen LogP contribution in [0.3, 0.4) is 0 Å². The zero-order valence-corrected chi connectivity index (χ0v) is 29.7. The van der Waals surface area contributed by atoms with Gasteiger partial charge in [0, 0.05) is 38.6 Å². The summed E-state index contributed by atoms with van der Waals surface area (Å²) in [5, 5.41) is 5.78. The van der Waals surface area contributed by atoms with Crippen LogP contribution >= 0.6 is 0 Å².